The number of aryl methyl sites for hydroxylation is 1. The van der Waals surface area contributed by atoms with Crippen molar-refractivity contribution in [3.8, 4) is 45.6 Å². The third kappa shape index (κ3) is 4.58. The number of carbonyl (C=O) groups is 1. The zero-order valence-electron chi connectivity index (χ0n) is 31.4. The smallest absolute Gasteiger partial charge is 0.221 e. The van der Waals surface area contributed by atoms with Gasteiger partial charge in [-0.15, -0.1) is 0 Å². The molecule has 2 aliphatic heterocycles. The Bertz CT molecular complexity index is 3660. The van der Waals surface area contributed by atoms with Gasteiger partial charge in [0.2, 0.25) is 6.41 Å². The summed E-state index contributed by atoms with van der Waals surface area (Å²) in [4.78, 5) is 45.3. The highest BCUT2D eigenvalue weighted by Crippen LogP contribution is 2.41. The van der Waals surface area contributed by atoms with Crippen molar-refractivity contribution in [2.24, 2.45) is 7.05 Å². The summed E-state index contributed by atoms with van der Waals surface area (Å²) in [6.45, 7) is 0. The molecule has 0 saturated carbocycles. The number of hydrogen-bond acceptors (Lipinski definition) is 7. The lowest BCUT2D eigenvalue weighted by molar-refractivity contribution is 0.550. The predicted molar refractivity (Wildman–Crippen MR) is 236 cm³/mol. The molecule has 9 heteroatoms. The van der Waals surface area contributed by atoms with Crippen LogP contribution in [0.3, 0.4) is 0 Å². The molecule has 0 amide bonds. The number of fused-ring (bicyclic) bond motifs is 24. The first-order valence-electron chi connectivity index (χ1n) is 19.4. The molecule has 0 fully saturated rings. The highest BCUT2D eigenvalue weighted by Gasteiger charge is 2.25. The minimum atomic E-state index is 0.426. The summed E-state index contributed by atoms with van der Waals surface area (Å²) in [5.41, 5.74) is 5.62. The molecule has 2 aliphatic rings. The molecule has 0 saturated heterocycles. The molecule has 8 aromatic carbocycles. The molecule has 59 heavy (non-hydrogen) atoms. The predicted octanol–water partition coefficient (Wildman–Crippen LogP) is 11.0. The average molecular weight is 757 g/mol. The quantitative estimate of drug-likeness (QED) is 0.154. The second-order valence-electron chi connectivity index (χ2n) is 15.3. The largest absolute Gasteiger partial charge is 0.313 e. The van der Waals surface area contributed by atoms with Gasteiger partial charge in [-0.25, -0.2) is 34.5 Å². The summed E-state index contributed by atoms with van der Waals surface area (Å²) >= 11 is 0. The lowest BCUT2D eigenvalue weighted by atomic mass is 10.0. The number of nitrogens with zero attached hydrogens (tertiary/aromatic N) is 8. The van der Waals surface area contributed by atoms with Crippen molar-refractivity contribution in [3.63, 3.8) is 0 Å². The number of aromatic nitrogens is 8. The third-order valence-electron chi connectivity index (χ3n) is 11.9. The highest BCUT2D eigenvalue weighted by atomic mass is 16.1. The standard InChI is InChI=1S/C50H28N8O/c1-57-47-39-22-31-14-6-7-15-32(31)23-40(39)48(57)54-44-36-19-28-11-3-5-13-30(28)21-38(36)46(52-44)56-50-42-25-34-17-9-8-16-33(34)24-41(42)49(58(50)26-59)55-45-37-20-29-12-4-2-10-27(29)18-35(37)43(51-45)53-47/h2-26H,1H3. The zero-order valence-corrected chi connectivity index (χ0v) is 31.4. The van der Waals surface area contributed by atoms with Crippen molar-refractivity contribution in [1.82, 2.24) is 39.0 Å². The van der Waals surface area contributed by atoms with E-state index in [1.165, 1.54) is 4.57 Å². The van der Waals surface area contributed by atoms with E-state index >= 15 is 0 Å². The van der Waals surface area contributed by atoms with Crippen LogP contribution in [0.2, 0.25) is 0 Å². The van der Waals surface area contributed by atoms with Gasteiger partial charge in [-0.3, -0.25) is 4.79 Å². The fourth-order valence-electron chi connectivity index (χ4n) is 9.04. The molecule has 0 spiro atoms. The van der Waals surface area contributed by atoms with Crippen LogP contribution in [0.4, 0.5) is 0 Å². The summed E-state index contributed by atoms with van der Waals surface area (Å²) in [7, 11) is 2.00. The lowest BCUT2D eigenvalue weighted by Crippen LogP contribution is -1.97. The maximum atomic E-state index is 13.5. The molecule has 0 radical (unpaired) electrons. The van der Waals surface area contributed by atoms with Crippen LogP contribution in [0.25, 0.3) is 133 Å². The van der Waals surface area contributed by atoms with Crippen LogP contribution in [-0.4, -0.2) is 45.4 Å². The van der Waals surface area contributed by atoms with E-state index in [4.69, 9.17) is 29.9 Å². The topological polar surface area (TPSA) is 104 Å². The van der Waals surface area contributed by atoms with E-state index in [1.807, 2.05) is 60.1 Å². The fraction of sp³-hybridized carbons (Fsp3) is 0.0200. The van der Waals surface area contributed by atoms with Gasteiger partial charge >= 0.3 is 0 Å². The second kappa shape index (κ2) is 11.7. The van der Waals surface area contributed by atoms with Gasteiger partial charge in [0.05, 0.1) is 0 Å². The maximum absolute atomic E-state index is 13.5. The van der Waals surface area contributed by atoms with E-state index < -0.39 is 0 Å². The van der Waals surface area contributed by atoms with Gasteiger partial charge in [-0.2, -0.15) is 0 Å². The van der Waals surface area contributed by atoms with E-state index in [0.29, 0.717) is 45.9 Å². The Morgan fingerprint density at radius 3 is 0.898 bits per heavy atom. The van der Waals surface area contributed by atoms with E-state index in [1.54, 1.807) is 0 Å². The normalized spacial score (nSPS) is 12.2. The Kier molecular flexibility index (Phi) is 6.33. The molecule has 3 aromatic heterocycles. The van der Waals surface area contributed by atoms with Crippen LogP contribution in [0.5, 0.6) is 0 Å². The molecule has 0 aliphatic carbocycles. The zero-order chi connectivity index (χ0) is 38.9. The Labute approximate surface area is 334 Å². The summed E-state index contributed by atoms with van der Waals surface area (Å²) in [6, 6.07) is 50.0. The Morgan fingerprint density at radius 1 is 0.356 bits per heavy atom. The minimum absolute atomic E-state index is 0.426. The monoisotopic (exact) mass is 756 g/mol. The molecule has 11 aromatic rings. The van der Waals surface area contributed by atoms with Crippen LogP contribution in [0.15, 0.2) is 146 Å². The van der Waals surface area contributed by atoms with Crippen molar-refractivity contribution >= 4 is 93.6 Å². The van der Waals surface area contributed by atoms with Gasteiger partial charge in [-0.05, 0) is 91.6 Å². The first-order valence-corrected chi connectivity index (χ1v) is 19.4. The first kappa shape index (κ1) is 32.0. The summed E-state index contributed by atoms with van der Waals surface area (Å²) in [5, 5.41) is 11.9. The molecule has 5 heterocycles. The van der Waals surface area contributed by atoms with E-state index in [0.717, 1.165) is 93.3 Å². The molecule has 0 atom stereocenters. The van der Waals surface area contributed by atoms with Crippen LogP contribution in [0, 0.1) is 0 Å². The second-order valence-corrected chi connectivity index (χ2v) is 15.3. The number of carbonyl (C=O) groups excluding carboxylic acids is 1. The minimum Gasteiger partial charge on any atom is -0.313 e. The van der Waals surface area contributed by atoms with Gasteiger partial charge in [0.25, 0.3) is 0 Å². The number of hydrogen-bond donors (Lipinski definition) is 0. The fourth-order valence-corrected chi connectivity index (χ4v) is 9.04. The highest BCUT2D eigenvalue weighted by molar-refractivity contribution is 6.15. The molecule has 8 bridgehead atoms. The molecular formula is C50H28N8O. The maximum Gasteiger partial charge on any atom is 0.221 e. The van der Waals surface area contributed by atoms with E-state index in [2.05, 4.69) is 97.1 Å². The Morgan fingerprint density at radius 2 is 0.610 bits per heavy atom. The molecule has 274 valence electrons. The van der Waals surface area contributed by atoms with Crippen molar-refractivity contribution in [2.75, 3.05) is 0 Å². The van der Waals surface area contributed by atoms with Gasteiger partial charge in [0.1, 0.15) is 11.3 Å². The third-order valence-corrected chi connectivity index (χ3v) is 11.9. The van der Waals surface area contributed by atoms with Crippen LogP contribution in [0.1, 0.15) is 0 Å². The molecule has 0 unspecified atom stereocenters. The van der Waals surface area contributed by atoms with Crippen LogP contribution < -0.4 is 0 Å². The SMILES string of the molecule is Cn1c2nc3nc(nc4c5cc6ccccc6cc5c(nc5nc(nc1c1cc6ccccc6cc12)-c1cc2ccccc2cc1-5)n4C=O)-c1cc2ccccc2cc1-3. The summed E-state index contributed by atoms with van der Waals surface area (Å²) in [6.07, 6.45) is 0.783. The molecular weight excluding hydrogens is 729 g/mol. The number of benzene rings is 8. The van der Waals surface area contributed by atoms with E-state index in [9.17, 15) is 4.79 Å². The molecule has 9 nitrogen and oxygen atoms in total. The summed E-state index contributed by atoms with van der Waals surface area (Å²) in [5.74, 6) is 1.96. The van der Waals surface area contributed by atoms with Gasteiger partial charge in [-0.1, -0.05) is 97.1 Å². The molecule has 13 rings (SSSR count). The first-order chi connectivity index (χ1) is 29.1. The van der Waals surface area contributed by atoms with Gasteiger partial charge in [0.15, 0.2) is 34.6 Å². The van der Waals surface area contributed by atoms with Gasteiger partial charge < -0.3 is 4.57 Å². The number of rotatable bonds is 1. The molecule has 0 N–H and O–H groups in total. The van der Waals surface area contributed by atoms with E-state index in [-0.39, 0.29) is 0 Å². The van der Waals surface area contributed by atoms with Crippen molar-refractivity contribution < 1.29 is 4.79 Å². The van der Waals surface area contributed by atoms with Crippen molar-refractivity contribution in [2.45, 2.75) is 0 Å². The van der Waals surface area contributed by atoms with Crippen LogP contribution in [-0.2, 0) is 11.8 Å². The van der Waals surface area contributed by atoms with Crippen molar-refractivity contribution in [3.05, 3.63) is 146 Å². The Hall–Kier alpha value is -8.17. The van der Waals surface area contributed by atoms with Crippen LogP contribution >= 0.6 is 0 Å². The van der Waals surface area contributed by atoms with Crippen molar-refractivity contribution in [1.29, 1.82) is 0 Å². The Balaban J connectivity index is 1.28. The lowest BCUT2D eigenvalue weighted by Gasteiger charge is -2.04. The van der Waals surface area contributed by atoms with Gasteiger partial charge in [0, 0.05) is 50.8 Å². The average Bonchev–Trinajstić information content (AvgIpc) is 3.95. The summed E-state index contributed by atoms with van der Waals surface area (Å²) < 4.78 is 3.56.